The van der Waals surface area contributed by atoms with Gasteiger partial charge in [-0.2, -0.15) is 0 Å². The summed E-state index contributed by atoms with van der Waals surface area (Å²) in [4.78, 5) is 24.7. The van der Waals surface area contributed by atoms with Crippen molar-refractivity contribution in [3.05, 3.63) is 68.8 Å². The Bertz CT molecular complexity index is 865. The molecule has 0 aliphatic rings. The van der Waals surface area contributed by atoms with E-state index in [1.165, 1.54) is 0 Å². The summed E-state index contributed by atoms with van der Waals surface area (Å²) in [6.45, 7) is 9.96. The van der Waals surface area contributed by atoms with Crippen LogP contribution in [0.25, 0.3) is 0 Å². The minimum absolute atomic E-state index is 0.0431. The topological polar surface area (TPSA) is 98.7 Å². The number of primary amides is 1. The lowest BCUT2D eigenvalue weighted by Crippen LogP contribution is -2.34. The van der Waals surface area contributed by atoms with Gasteiger partial charge in [0.15, 0.2) is 6.61 Å². The number of aryl methyl sites for hydroxylation is 1. The minimum Gasteiger partial charge on any atom is -0.476 e. The van der Waals surface area contributed by atoms with Crippen LogP contribution in [-0.2, 0) is 11.2 Å². The van der Waals surface area contributed by atoms with E-state index >= 15 is 0 Å². The number of nitrogens with two attached hydrogens (primary N) is 1. The van der Waals surface area contributed by atoms with Crippen LogP contribution in [0.15, 0.2) is 42.5 Å². The van der Waals surface area contributed by atoms with Crippen LogP contribution >= 0.6 is 11.6 Å². The summed E-state index contributed by atoms with van der Waals surface area (Å²) in [5.74, 6) is -0.857. The molecule has 0 aliphatic heterocycles. The predicted molar refractivity (Wildman–Crippen MR) is 126 cm³/mol. The number of carbonyl (C=O) groups excluding carboxylic acids is 1. The molecule has 1 amide bonds. The first kappa shape index (κ1) is 26.4. The summed E-state index contributed by atoms with van der Waals surface area (Å²) in [6.07, 6.45) is 9.77. The Hall–Kier alpha value is -2.64. The number of hydrogen-bond donors (Lipinski definition) is 1. The summed E-state index contributed by atoms with van der Waals surface area (Å²) in [5.41, 5.74) is 7.26. The summed E-state index contributed by atoms with van der Waals surface area (Å²) < 4.78 is 5.32. The van der Waals surface area contributed by atoms with Crippen LogP contribution in [0.2, 0.25) is 5.02 Å². The van der Waals surface area contributed by atoms with Gasteiger partial charge in [-0.25, -0.2) is 0 Å². The molecule has 1 rings (SSSR count). The monoisotopic (exact) mass is 449 g/mol. The first-order valence-electron chi connectivity index (χ1n) is 10.2. The van der Waals surface area contributed by atoms with Gasteiger partial charge < -0.3 is 15.4 Å². The highest BCUT2D eigenvalue weighted by Crippen LogP contribution is 2.41. The van der Waals surface area contributed by atoms with E-state index in [1.807, 2.05) is 45.2 Å². The van der Waals surface area contributed by atoms with Crippen LogP contribution in [0.5, 0.6) is 5.75 Å². The molecule has 7 nitrogen and oxygen atoms in total. The second-order valence-electron chi connectivity index (χ2n) is 7.29. The Morgan fingerprint density at radius 3 is 2.68 bits per heavy atom. The summed E-state index contributed by atoms with van der Waals surface area (Å²) in [7, 11) is 2.00. The van der Waals surface area contributed by atoms with E-state index in [9.17, 15) is 14.9 Å². The maximum Gasteiger partial charge on any atom is 0.315 e. The minimum atomic E-state index is -0.735. The lowest BCUT2D eigenvalue weighted by Gasteiger charge is -2.28. The van der Waals surface area contributed by atoms with Gasteiger partial charge in [0.05, 0.1) is 9.95 Å². The van der Waals surface area contributed by atoms with E-state index < -0.39 is 17.4 Å². The Balaban J connectivity index is 3.35. The molecule has 1 aromatic rings. The van der Waals surface area contributed by atoms with Gasteiger partial charge in [0.2, 0.25) is 5.75 Å². The number of ether oxygens (including phenoxy) is 1. The zero-order valence-electron chi connectivity index (χ0n) is 18.7. The molecule has 0 heterocycles. The largest absolute Gasteiger partial charge is 0.476 e. The molecule has 1 unspecified atom stereocenters. The standard InChI is InChI=1S/C23H32ClN3O4/c1-6-9-10-17(7-2)11-12-18(26(5)8-3)14-19-16(4)13-20(24)23(22(19)27(29)30)31-15-21(25)28/h6-7,9-10,13,18H,2,8,11-12,14-15H2,1,3-5H3,(H2,25,28)/b9-6-,17-10+. The average molecular weight is 450 g/mol. The third-order valence-corrected chi connectivity index (χ3v) is 5.45. The SMILES string of the molecule is C=C/C(=C\C=C/C)CCC(Cc1c(C)cc(Cl)c(OCC(N)=O)c1[N+](=O)[O-])N(C)CC. The number of allylic oxidation sites excluding steroid dienone is 5. The Morgan fingerprint density at radius 1 is 1.48 bits per heavy atom. The fourth-order valence-corrected chi connectivity index (χ4v) is 3.60. The molecule has 31 heavy (non-hydrogen) atoms. The quantitative estimate of drug-likeness (QED) is 0.266. The first-order chi connectivity index (χ1) is 14.7. The summed E-state index contributed by atoms with van der Waals surface area (Å²) >= 11 is 6.21. The fraction of sp³-hybridized carbons (Fsp3) is 0.435. The molecular formula is C23H32ClN3O4. The summed E-state index contributed by atoms with van der Waals surface area (Å²) in [5, 5.41) is 12.0. The molecule has 0 bridgehead atoms. The molecule has 0 spiro atoms. The van der Waals surface area contributed by atoms with Crippen LogP contribution in [-0.4, -0.2) is 42.0 Å². The van der Waals surface area contributed by atoms with Crippen molar-refractivity contribution in [2.24, 2.45) is 5.73 Å². The molecule has 1 aromatic carbocycles. The van der Waals surface area contributed by atoms with Crippen LogP contribution < -0.4 is 10.5 Å². The van der Waals surface area contributed by atoms with Crippen molar-refractivity contribution in [1.82, 2.24) is 4.90 Å². The number of benzene rings is 1. The molecular weight excluding hydrogens is 418 g/mol. The molecule has 170 valence electrons. The zero-order valence-corrected chi connectivity index (χ0v) is 19.4. The van der Waals surface area contributed by atoms with E-state index in [4.69, 9.17) is 22.1 Å². The number of hydrogen-bond acceptors (Lipinski definition) is 5. The van der Waals surface area contributed by atoms with Gasteiger partial charge in [-0.1, -0.05) is 49.4 Å². The van der Waals surface area contributed by atoms with Crippen LogP contribution in [0.4, 0.5) is 5.69 Å². The molecule has 2 N–H and O–H groups in total. The molecule has 8 heteroatoms. The summed E-state index contributed by atoms with van der Waals surface area (Å²) in [6, 6.07) is 1.67. The number of nitro benzene ring substituents is 1. The number of rotatable bonds is 13. The molecule has 1 atom stereocenters. The van der Waals surface area contributed by atoms with E-state index in [-0.39, 0.29) is 22.5 Å². The van der Waals surface area contributed by atoms with E-state index in [1.54, 1.807) is 13.0 Å². The highest BCUT2D eigenvalue weighted by atomic mass is 35.5. The van der Waals surface area contributed by atoms with Crippen LogP contribution in [0.3, 0.4) is 0 Å². The zero-order chi connectivity index (χ0) is 23.6. The second kappa shape index (κ2) is 12.9. The number of nitrogens with zero attached hydrogens (tertiary/aromatic N) is 2. The van der Waals surface area contributed by atoms with Crippen LogP contribution in [0.1, 0.15) is 37.8 Å². The van der Waals surface area contributed by atoms with Gasteiger partial charge in [-0.05, 0) is 63.9 Å². The average Bonchev–Trinajstić information content (AvgIpc) is 2.72. The Labute approximate surface area is 189 Å². The normalized spacial score (nSPS) is 12.9. The van der Waals surface area contributed by atoms with Gasteiger partial charge in [0.1, 0.15) is 0 Å². The highest BCUT2D eigenvalue weighted by molar-refractivity contribution is 6.32. The van der Waals surface area contributed by atoms with Crippen molar-refractivity contribution in [2.75, 3.05) is 20.2 Å². The van der Waals surface area contributed by atoms with E-state index in [0.29, 0.717) is 17.5 Å². The number of likely N-dealkylation sites (N-methyl/N-ethyl adjacent to an activating group) is 1. The maximum atomic E-state index is 12.0. The maximum absolute atomic E-state index is 12.0. The van der Waals surface area contributed by atoms with Gasteiger partial charge in [0, 0.05) is 11.6 Å². The van der Waals surface area contributed by atoms with Gasteiger partial charge in [-0.3, -0.25) is 14.9 Å². The molecule has 0 saturated heterocycles. The van der Waals surface area contributed by atoms with Crippen molar-refractivity contribution < 1.29 is 14.5 Å². The van der Waals surface area contributed by atoms with Crippen LogP contribution in [0, 0.1) is 17.0 Å². The smallest absolute Gasteiger partial charge is 0.315 e. The lowest BCUT2D eigenvalue weighted by atomic mass is 9.93. The molecule has 0 radical (unpaired) electrons. The Kier molecular flexibility index (Phi) is 11.0. The van der Waals surface area contributed by atoms with Crippen molar-refractivity contribution in [3.8, 4) is 5.75 Å². The molecule has 0 fully saturated rings. The third-order valence-electron chi connectivity index (χ3n) is 5.17. The molecule has 0 aromatic heterocycles. The Morgan fingerprint density at radius 2 is 2.16 bits per heavy atom. The van der Waals surface area contributed by atoms with Crippen molar-refractivity contribution >= 4 is 23.2 Å². The predicted octanol–water partition coefficient (Wildman–Crippen LogP) is 4.75. The number of halogens is 1. The molecule has 0 aliphatic carbocycles. The van der Waals surface area contributed by atoms with Crippen molar-refractivity contribution in [3.63, 3.8) is 0 Å². The van der Waals surface area contributed by atoms with E-state index in [0.717, 1.165) is 25.0 Å². The number of nitro groups is 1. The van der Waals surface area contributed by atoms with Gasteiger partial charge in [0.25, 0.3) is 5.91 Å². The lowest BCUT2D eigenvalue weighted by molar-refractivity contribution is -0.386. The number of amides is 1. The van der Waals surface area contributed by atoms with E-state index in [2.05, 4.69) is 11.5 Å². The highest BCUT2D eigenvalue weighted by Gasteiger charge is 2.29. The molecule has 0 saturated carbocycles. The first-order valence-corrected chi connectivity index (χ1v) is 10.6. The van der Waals surface area contributed by atoms with Crippen molar-refractivity contribution in [2.45, 2.75) is 46.1 Å². The fourth-order valence-electron chi connectivity index (χ4n) is 3.29. The van der Waals surface area contributed by atoms with Gasteiger partial charge >= 0.3 is 5.69 Å². The third kappa shape index (κ3) is 7.84. The van der Waals surface area contributed by atoms with Gasteiger partial charge in [-0.15, -0.1) is 0 Å². The second-order valence-corrected chi connectivity index (χ2v) is 7.69. The number of carbonyl (C=O) groups is 1. The van der Waals surface area contributed by atoms with Crippen molar-refractivity contribution in [1.29, 1.82) is 0 Å².